The Bertz CT molecular complexity index is 2030. The third-order valence-corrected chi connectivity index (χ3v) is 12.5. The Labute approximate surface area is 300 Å². The number of pyridine rings is 1. The summed E-state index contributed by atoms with van der Waals surface area (Å²) in [5, 5.41) is 9.84. The molecule has 5 heterocycles. The van der Waals surface area contributed by atoms with Gasteiger partial charge in [-0.25, -0.2) is 9.97 Å². The highest BCUT2D eigenvalue weighted by molar-refractivity contribution is 6.09. The lowest BCUT2D eigenvalue weighted by molar-refractivity contribution is -0.125. The minimum absolute atomic E-state index is 0.118. The third kappa shape index (κ3) is 5.53. The summed E-state index contributed by atoms with van der Waals surface area (Å²) in [6, 6.07) is 15.7. The number of likely N-dealkylation sites (tertiary alicyclic amines) is 1. The van der Waals surface area contributed by atoms with E-state index < -0.39 is 5.41 Å². The average Bonchev–Trinajstić information content (AvgIpc) is 3.82. The van der Waals surface area contributed by atoms with Gasteiger partial charge in [0.1, 0.15) is 5.52 Å². The number of carbonyl (C=O) groups is 2. The number of imidazole rings is 1. The maximum absolute atomic E-state index is 14.7. The summed E-state index contributed by atoms with van der Waals surface area (Å²) in [6.45, 7) is 10.8. The van der Waals surface area contributed by atoms with Crippen molar-refractivity contribution in [1.82, 2.24) is 30.1 Å². The van der Waals surface area contributed by atoms with Crippen molar-refractivity contribution in [1.29, 1.82) is 0 Å². The van der Waals surface area contributed by atoms with Gasteiger partial charge in [-0.3, -0.25) is 14.5 Å². The molecule has 2 aromatic heterocycles. The number of aromatic nitrogens is 3. The number of carbonyl (C=O) groups excluding carboxylic acids is 2. The number of hydrogen-bond acceptors (Lipinski definition) is 7. The molecule has 2 amide bonds. The van der Waals surface area contributed by atoms with Gasteiger partial charge >= 0.3 is 0 Å². The summed E-state index contributed by atoms with van der Waals surface area (Å²) in [5.41, 5.74) is 8.12. The molecule has 9 rings (SSSR count). The molecule has 0 atom stereocenters. The van der Waals surface area contributed by atoms with Gasteiger partial charge in [0.2, 0.25) is 5.91 Å². The van der Waals surface area contributed by atoms with E-state index in [0.717, 1.165) is 97.4 Å². The average molecular weight is 687 g/mol. The Kier molecular flexibility index (Phi) is 7.78. The molecule has 10 nitrogen and oxygen atoms in total. The number of piperidine rings is 2. The molecule has 0 bridgehead atoms. The van der Waals surface area contributed by atoms with Crippen LogP contribution >= 0.6 is 0 Å². The SMILES string of the molecule is CNC(=O)c1cc(Nc2nc(-c3ccc4c(c3)N(C3CC(N5CCCC(C)(C)C5)C3)C(=O)C43CCNCC3)cc3ncn(C4CC4)c23)ccc1C. The lowest BCUT2D eigenvalue weighted by atomic mass is 9.73. The van der Waals surface area contributed by atoms with Crippen LogP contribution in [0.25, 0.3) is 22.3 Å². The molecule has 266 valence electrons. The van der Waals surface area contributed by atoms with Crippen LogP contribution in [0.1, 0.15) is 92.7 Å². The molecule has 2 saturated carbocycles. The lowest BCUT2D eigenvalue weighted by Crippen LogP contribution is -2.59. The van der Waals surface area contributed by atoms with E-state index in [9.17, 15) is 9.59 Å². The molecule has 2 saturated heterocycles. The smallest absolute Gasteiger partial charge is 0.251 e. The van der Waals surface area contributed by atoms with E-state index in [1.54, 1.807) is 7.05 Å². The first-order chi connectivity index (χ1) is 24.6. The van der Waals surface area contributed by atoms with Crippen molar-refractivity contribution in [2.45, 2.75) is 95.7 Å². The summed E-state index contributed by atoms with van der Waals surface area (Å²) in [7, 11) is 1.65. The maximum Gasteiger partial charge on any atom is 0.251 e. The highest BCUT2D eigenvalue weighted by Crippen LogP contribution is 2.52. The van der Waals surface area contributed by atoms with Crippen molar-refractivity contribution < 1.29 is 9.59 Å². The monoisotopic (exact) mass is 686 g/mol. The summed E-state index contributed by atoms with van der Waals surface area (Å²) in [6.07, 6.45) is 10.5. The molecule has 51 heavy (non-hydrogen) atoms. The van der Waals surface area contributed by atoms with Crippen LogP contribution in [0.3, 0.4) is 0 Å². The fourth-order valence-electron chi connectivity index (χ4n) is 9.44. The van der Waals surface area contributed by atoms with E-state index in [4.69, 9.17) is 9.97 Å². The van der Waals surface area contributed by atoms with Crippen LogP contribution in [-0.4, -0.2) is 76.6 Å². The molecule has 1 spiro atoms. The number of anilines is 3. The number of rotatable bonds is 7. The van der Waals surface area contributed by atoms with Gasteiger partial charge in [0.25, 0.3) is 5.91 Å². The van der Waals surface area contributed by atoms with E-state index >= 15 is 0 Å². The summed E-state index contributed by atoms with van der Waals surface area (Å²) in [5.74, 6) is 0.888. The summed E-state index contributed by atoms with van der Waals surface area (Å²) >= 11 is 0. The zero-order valence-electron chi connectivity index (χ0n) is 30.4. The van der Waals surface area contributed by atoms with Crippen LogP contribution in [-0.2, 0) is 10.2 Å². The summed E-state index contributed by atoms with van der Waals surface area (Å²) in [4.78, 5) is 42.3. The predicted octanol–water partition coefficient (Wildman–Crippen LogP) is 6.47. The minimum Gasteiger partial charge on any atom is -0.355 e. The van der Waals surface area contributed by atoms with Crippen LogP contribution in [0.2, 0.25) is 0 Å². The first-order valence-electron chi connectivity index (χ1n) is 19.0. The maximum atomic E-state index is 14.7. The second-order valence-corrected chi connectivity index (χ2v) is 16.6. The van der Waals surface area contributed by atoms with Gasteiger partial charge in [-0.15, -0.1) is 0 Å². The van der Waals surface area contributed by atoms with Gasteiger partial charge in [-0.1, -0.05) is 32.0 Å². The van der Waals surface area contributed by atoms with Crippen molar-refractivity contribution >= 4 is 40.0 Å². The second-order valence-electron chi connectivity index (χ2n) is 16.6. The van der Waals surface area contributed by atoms with Crippen LogP contribution in [0, 0.1) is 12.3 Å². The standard InChI is InChI=1S/C41H50N8O2/c1-25-6-8-27(19-31(25)38(50)42-4)45-37-36-34(44-24-48(36)28-9-10-28)22-33(46-37)26-7-11-32-35(18-26)49(39(51)41(32)13-15-43-16-14-41)30-20-29(21-30)47-17-5-12-40(2,3)23-47/h6-8,11,18-19,22,24,28-30,43H,5,9-10,12-17,20-21,23H2,1-4H3,(H,42,50)(H,45,46). The van der Waals surface area contributed by atoms with Gasteiger partial charge in [-0.2, -0.15) is 0 Å². The number of hydrogen-bond donors (Lipinski definition) is 3. The Morgan fingerprint density at radius 3 is 2.53 bits per heavy atom. The van der Waals surface area contributed by atoms with Crippen LogP contribution in [0.5, 0.6) is 0 Å². The molecule has 3 N–H and O–H groups in total. The van der Waals surface area contributed by atoms with Crippen molar-refractivity contribution in [2.24, 2.45) is 5.41 Å². The van der Waals surface area contributed by atoms with Crippen LogP contribution in [0.15, 0.2) is 48.8 Å². The summed E-state index contributed by atoms with van der Waals surface area (Å²) < 4.78 is 2.24. The topological polar surface area (TPSA) is 107 Å². The Balaban J connectivity index is 1.09. The van der Waals surface area contributed by atoms with Crippen molar-refractivity contribution in [3.63, 3.8) is 0 Å². The molecule has 4 fully saturated rings. The number of nitrogens with one attached hydrogen (secondary N) is 3. The Morgan fingerprint density at radius 2 is 1.78 bits per heavy atom. The first kappa shape index (κ1) is 32.6. The van der Waals surface area contributed by atoms with E-state index in [1.165, 1.54) is 24.9 Å². The zero-order chi connectivity index (χ0) is 35.1. The van der Waals surface area contributed by atoms with Crippen molar-refractivity contribution in [2.75, 3.05) is 43.4 Å². The highest BCUT2D eigenvalue weighted by atomic mass is 16.2. The van der Waals surface area contributed by atoms with E-state index in [1.807, 2.05) is 31.5 Å². The molecule has 5 aliphatic rings. The van der Waals surface area contributed by atoms with Gasteiger partial charge in [0.15, 0.2) is 5.82 Å². The number of fused-ring (bicyclic) bond motifs is 3. The van der Waals surface area contributed by atoms with Crippen LogP contribution < -0.4 is 20.9 Å². The van der Waals surface area contributed by atoms with E-state index in [-0.39, 0.29) is 11.9 Å². The van der Waals surface area contributed by atoms with Gasteiger partial charge in [0, 0.05) is 54.2 Å². The fraction of sp³-hybridized carbons (Fsp3) is 0.512. The number of amides is 2. The van der Waals surface area contributed by atoms with E-state index in [0.29, 0.717) is 34.8 Å². The molecule has 3 aliphatic heterocycles. The normalized spacial score (nSPS) is 24.1. The molecule has 2 aliphatic carbocycles. The van der Waals surface area contributed by atoms with Crippen molar-refractivity contribution in [3.05, 3.63) is 65.5 Å². The quantitative estimate of drug-likeness (QED) is 0.205. The Morgan fingerprint density at radius 1 is 0.980 bits per heavy atom. The first-order valence-corrected chi connectivity index (χ1v) is 19.0. The minimum atomic E-state index is -0.460. The second kappa shape index (κ2) is 12.2. The highest BCUT2D eigenvalue weighted by Gasteiger charge is 2.55. The van der Waals surface area contributed by atoms with E-state index in [2.05, 4.69) is 68.4 Å². The molecule has 0 radical (unpaired) electrons. The largest absolute Gasteiger partial charge is 0.355 e. The third-order valence-electron chi connectivity index (χ3n) is 12.5. The van der Waals surface area contributed by atoms with Gasteiger partial charge < -0.3 is 25.4 Å². The molecule has 2 aromatic carbocycles. The number of nitrogens with zero attached hydrogens (tertiary/aromatic N) is 5. The lowest BCUT2D eigenvalue weighted by Gasteiger charge is -2.50. The predicted molar refractivity (Wildman–Crippen MR) is 202 cm³/mol. The van der Waals surface area contributed by atoms with Crippen LogP contribution in [0.4, 0.5) is 17.2 Å². The van der Waals surface area contributed by atoms with Gasteiger partial charge in [-0.05, 0) is 119 Å². The van der Waals surface area contributed by atoms with Crippen molar-refractivity contribution in [3.8, 4) is 11.3 Å². The fourth-order valence-corrected chi connectivity index (χ4v) is 9.44. The number of aryl methyl sites for hydroxylation is 1. The molecule has 10 heteroatoms. The molecular weight excluding hydrogens is 637 g/mol. The Hall–Kier alpha value is -4.28. The molecule has 4 aromatic rings. The molecular formula is C41H50N8O2. The molecule has 0 unspecified atom stereocenters. The number of benzene rings is 2. The zero-order valence-corrected chi connectivity index (χ0v) is 30.4. The van der Waals surface area contributed by atoms with Gasteiger partial charge in [0.05, 0.1) is 23.0 Å².